The van der Waals surface area contributed by atoms with Crippen molar-refractivity contribution < 1.29 is 80.2 Å². The highest BCUT2D eigenvalue weighted by Gasteiger charge is 2.30. The third kappa shape index (κ3) is 59.7. The molecule has 0 aromatic rings. The molecule has 0 amide bonds. The second-order valence-electron chi connectivity index (χ2n) is 25.4. The van der Waals surface area contributed by atoms with Crippen LogP contribution >= 0.6 is 15.6 Å². The smallest absolute Gasteiger partial charge is 0.462 e. The minimum atomic E-state index is -4.95. The number of aliphatic hydroxyl groups is 1. The Labute approximate surface area is 524 Å². The summed E-state index contributed by atoms with van der Waals surface area (Å²) in [7, 11) is -9.89. The van der Waals surface area contributed by atoms with Crippen LogP contribution in [0.1, 0.15) is 331 Å². The predicted molar refractivity (Wildman–Crippen MR) is 344 cm³/mol. The maximum atomic E-state index is 13.0. The molecule has 3 N–H and O–H groups in total. The van der Waals surface area contributed by atoms with E-state index in [-0.39, 0.29) is 25.7 Å². The Balaban J connectivity index is 5.23. The summed E-state index contributed by atoms with van der Waals surface area (Å²) in [5, 5.41) is 10.6. The van der Waals surface area contributed by atoms with Crippen LogP contribution in [-0.4, -0.2) is 96.7 Å². The van der Waals surface area contributed by atoms with E-state index < -0.39 is 97.5 Å². The molecule has 0 spiro atoms. The first kappa shape index (κ1) is 84.1. The molecule has 0 saturated heterocycles. The van der Waals surface area contributed by atoms with Gasteiger partial charge in [0.25, 0.3) is 0 Å². The van der Waals surface area contributed by atoms with Gasteiger partial charge in [0.2, 0.25) is 0 Å². The zero-order valence-electron chi connectivity index (χ0n) is 55.8. The number of hydrogen-bond donors (Lipinski definition) is 3. The first-order chi connectivity index (χ1) is 41.3. The Bertz CT molecular complexity index is 1700. The highest BCUT2D eigenvalue weighted by molar-refractivity contribution is 7.47. The monoisotopic (exact) mass is 1270 g/mol. The molecule has 19 heteroatoms. The van der Waals surface area contributed by atoms with E-state index in [1.54, 1.807) is 0 Å². The molecule has 0 saturated carbocycles. The molecule has 0 radical (unpaired) electrons. The van der Waals surface area contributed by atoms with Gasteiger partial charge in [-0.1, -0.05) is 280 Å². The molecule has 0 aliphatic rings. The van der Waals surface area contributed by atoms with Crippen LogP contribution in [0.5, 0.6) is 0 Å². The van der Waals surface area contributed by atoms with Crippen LogP contribution in [0.2, 0.25) is 0 Å². The average molecular weight is 1270 g/mol. The highest BCUT2D eigenvalue weighted by Crippen LogP contribution is 2.45. The topological polar surface area (TPSA) is 237 Å². The van der Waals surface area contributed by atoms with Gasteiger partial charge in [0.1, 0.15) is 19.3 Å². The zero-order valence-corrected chi connectivity index (χ0v) is 57.6. The molecular formula is C67H130O17P2. The zero-order chi connectivity index (χ0) is 63.8. The second kappa shape index (κ2) is 58.2. The first-order valence-electron chi connectivity index (χ1n) is 34.9. The standard InChI is InChI=1S/C67H130O17P2/c1-8-10-11-12-13-14-21-26-34-41-48-64(69)77-55-63(84-67(72)51-44-37-30-29-33-40-47-60(7)9-2)57-82-86(75,76)80-53-61(68)52-79-85(73,74)81-56-62(54-78-65(70)49-42-35-28-23-25-32-39-46-59(5)6)83-66(71)50-43-36-27-22-19-17-15-16-18-20-24-31-38-45-58(3)4/h58-63,68H,8-57H2,1-7H3,(H,73,74)(H,75,76)/t60?,61-,62-,63-/m1/s1. The molecule has 0 heterocycles. The minimum absolute atomic E-state index is 0.103. The number of esters is 4. The molecular weight excluding hydrogens is 1140 g/mol. The fourth-order valence-electron chi connectivity index (χ4n) is 9.98. The van der Waals surface area contributed by atoms with Crippen molar-refractivity contribution in [2.24, 2.45) is 17.8 Å². The van der Waals surface area contributed by atoms with Crippen LogP contribution in [-0.2, 0) is 65.4 Å². The highest BCUT2D eigenvalue weighted by atomic mass is 31.2. The lowest BCUT2D eigenvalue weighted by Gasteiger charge is -2.21. The predicted octanol–water partition coefficient (Wildman–Crippen LogP) is 18.7. The molecule has 86 heavy (non-hydrogen) atoms. The molecule has 510 valence electrons. The van der Waals surface area contributed by atoms with Gasteiger partial charge in [-0.15, -0.1) is 0 Å². The van der Waals surface area contributed by atoms with Crippen molar-refractivity contribution >= 4 is 39.5 Å². The van der Waals surface area contributed by atoms with Crippen LogP contribution < -0.4 is 0 Å². The fraction of sp³-hybridized carbons (Fsp3) is 0.940. The van der Waals surface area contributed by atoms with Crippen LogP contribution in [0.3, 0.4) is 0 Å². The van der Waals surface area contributed by atoms with E-state index in [4.69, 9.17) is 37.0 Å². The van der Waals surface area contributed by atoms with Crippen molar-refractivity contribution in [2.75, 3.05) is 39.6 Å². The van der Waals surface area contributed by atoms with Gasteiger partial charge in [0.05, 0.1) is 26.4 Å². The maximum Gasteiger partial charge on any atom is 0.472 e. The number of ether oxygens (including phenoxy) is 4. The number of carbonyl (C=O) groups excluding carboxylic acids is 4. The molecule has 0 aliphatic carbocycles. The summed E-state index contributed by atoms with van der Waals surface area (Å²) in [6.07, 6.45) is 40.4. The average Bonchev–Trinajstić information content (AvgIpc) is 3.66. The number of rotatable bonds is 65. The van der Waals surface area contributed by atoms with Crippen LogP contribution in [0.25, 0.3) is 0 Å². The third-order valence-corrected chi connectivity index (χ3v) is 17.6. The van der Waals surface area contributed by atoms with E-state index in [0.717, 1.165) is 108 Å². The largest absolute Gasteiger partial charge is 0.472 e. The fourth-order valence-corrected chi connectivity index (χ4v) is 11.6. The lowest BCUT2D eigenvalue weighted by atomic mass is 10.00. The number of hydrogen-bond acceptors (Lipinski definition) is 15. The number of carbonyl (C=O) groups is 4. The summed E-state index contributed by atoms with van der Waals surface area (Å²) in [6.45, 7) is 11.7. The Kier molecular flexibility index (Phi) is 56.9. The lowest BCUT2D eigenvalue weighted by molar-refractivity contribution is -0.161. The van der Waals surface area contributed by atoms with E-state index in [9.17, 15) is 43.2 Å². The van der Waals surface area contributed by atoms with Crippen molar-refractivity contribution in [1.29, 1.82) is 0 Å². The molecule has 0 rings (SSSR count). The van der Waals surface area contributed by atoms with Gasteiger partial charge in [-0.2, -0.15) is 0 Å². The molecule has 0 aromatic heterocycles. The molecule has 6 atom stereocenters. The van der Waals surface area contributed by atoms with Crippen molar-refractivity contribution in [1.82, 2.24) is 0 Å². The molecule has 17 nitrogen and oxygen atoms in total. The van der Waals surface area contributed by atoms with E-state index in [0.29, 0.717) is 31.6 Å². The summed E-state index contributed by atoms with van der Waals surface area (Å²) in [5.74, 6) is 0.0776. The van der Waals surface area contributed by atoms with Gasteiger partial charge in [0, 0.05) is 25.7 Å². The molecule has 0 aromatic carbocycles. The maximum absolute atomic E-state index is 13.0. The van der Waals surface area contributed by atoms with Crippen molar-refractivity contribution in [3.63, 3.8) is 0 Å². The normalized spacial score (nSPS) is 14.6. The molecule has 0 fully saturated rings. The van der Waals surface area contributed by atoms with Crippen LogP contribution in [0, 0.1) is 17.8 Å². The number of aliphatic hydroxyl groups excluding tert-OH is 1. The van der Waals surface area contributed by atoms with E-state index in [2.05, 4.69) is 48.5 Å². The Morgan fingerprint density at radius 1 is 0.337 bits per heavy atom. The van der Waals surface area contributed by atoms with E-state index >= 15 is 0 Å². The summed E-state index contributed by atoms with van der Waals surface area (Å²) in [6, 6.07) is 0. The molecule has 0 bridgehead atoms. The van der Waals surface area contributed by atoms with E-state index in [1.165, 1.54) is 135 Å². The van der Waals surface area contributed by atoms with Crippen molar-refractivity contribution in [2.45, 2.75) is 349 Å². The molecule has 3 unspecified atom stereocenters. The summed E-state index contributed by atoms with van der Waals surface area (Å²) in [4.78, 5) is 72.3. The second-order valence-corrected chi connectivity index (χ2v) is 28.3. The van der Waals surface area contributed by atoms with Gasteiger partial charge in [-0.05, 0) is 43.4 Å². The number of unbranched alkanes of at least 4 members (excludes halogenated alkanes) is 32. The van der Waals surface area contributed by atoms with Gasteiger partial charge in [-0.3, -0.25) is 37.3 Å². The van der Waals surface area contributed by atoms with Gasteiger partial charge in [-0.25, -0.2) is 9.13 Å². The quantitative estimate of drug-likeness (QED) is 0.0222. The third-order valence-electron chi connectivity index (χ3n) is 15.7. The summed E-state index contributed by atoms with van der Waals surface area (Å²) < 4.78 is 68.1. The van der Waals surface area contributed by atoms with Crippen LogP contribution in [0.4, 0.5) is 0 Å². The summed E-state index contributed by atoms with van der Waals surface area (Å²) >= 11 is 0. The Hall–Kier alpha value is -1.94. The lowest BCUT2D eigenvalue weighted by Crippen LogP contribution is -2.30. The van der Waals surface area contributed by atoms with Gasteiger partial charge in [0.15, 0.2) is 12.2 Å². The Morgan fingerprint density at radius 3 is 0.884 bits per heavy atom. The first-order valence-corrected chi connectivity index (χ1v) is 37.9. The van der Waals surface area contributed by atoms with Gasteiger partial charge >= 0.3 is 39.5 Å². The Morgan fingerprint density at radius 2 is 0.593 bits per heavy atom. The van der Waals surface area contributed by atoms with Crippen molar-refractivity contribution in [3.8, 4) is 0 Å². The number of phosphoric acid groups is 2. The van der Waals surface area contributed by atoms with Crippen LogP contribution in [0.15, 0.2) is 0 Å². The summed E-state index contributed by atoms with van der Waals surface area (Å²) in [5.41, 5.74) is 0. The van der Waals surface area contributed by atoms with Crippen molar-refractivity contribution in [3.05, 3.63) is 0 Å². The minimum Gasteiger partial charge on any atom is -0.462 e. The SMILES string of the molecule is CCCCCCCCCCCCC(=O)OC[C@H](COP(=O)(O)OC[C@H](O)COP(=O)(O)OC[C@@H](COC(=O)CCCCCCCCCC(C)C)OC(=O)CCCCCCCCCCCCCCCC(C)C)OC(=O)CCCCCCCCC(C)CC. The number of phosphoric ester groups is 2. The molecule has 0 aliphatic heterocycles. The van der Waals surface area contributed by atoms with E-state index in [1.807, 2.05) is 0 Å². The van der Waals surface area contributed by atoms with Gasteiger partial charge < -0.3 is 33.8 Å².